The predicted molar refractivity (Wildman–Crippen MR) is 146 cm³/mol. The number of benzene rings is 3. The first-order valence-corrected chi connectivity index (χ1v) is 12.7. The van der Waals surface area contributed by atoms with Crippen molar-refractivity contribution >= 4 is 28.8 Å². The first-order chi connectivity index (χ1) is 17.7. The maximum absolute atomic E-state index is 13.9. The number of nitrogens with zero attached hydrogens (tertiary/aromatic N) is 2. The molecule has 6 heteroatoms. The molecule has 6 rings (SSSR count). The molecular formula is C31H31N3O3. The van der Waals surface area contributed by atoms with Crippen LogP contribution in [0.2, 0.25) is 0 Å². The van der Waals surface area contributed by atoms with Crippen LogP contribution in [0.4, 0.5) is 17.1 Å². The molecular weight excluding hydrogens is 462 g/mol. The van der Waals surface area contributed by atoms with Crippen molar-refractivity contribution in [2.45, 2.75) is 39.0 Å². The lowest BCUT2D eigenvalue weighted by Gasteiger charge is -2.40. The van der Waals surface area contributed by atoms with E-state index >= 15 is 0 Å². The summed E-state index contributed by atoms with van der Waals surface area (Å²) in [6.07, 6.45) is 0.550. The van der Waals surface area contributed by atoms with Crippen LogP contribution in [0.15, 0.2) is 84.1 Å². The molecule has 6 nitrogen and oxygen atoms in total. The van der Waals surface area contributed by atoms with Gasteiger partial charge < -0.3 is 19.9 Å². The number of para-hydroxylation sites is 2. The van der Waals surface area contributed by atoms with E-state index in [0.717, 1.165) is 45.9 Å². The first-order valence-electron chi connectivity index (χ1n) is 12.7. The fourth-order valence-corrected chi connectivity index (χ4v) is 5.89. The Balaban J connectivity index is 1.62. The third-order valence-corrected chi connectivity index (χ3v) is 7.58. The normalized spacial score (nSPS) is 21.9. The molecule has 2 aliphatic heterocycles. The highest BCUT2D eigenvalue weighted by Crippen LogP contribution is 2.52. The van der Waals surface area contributed by atoms with E-state index in [2.05, 4.69) is 53.2 Å². The van der Waals surface area contributed by atoms with E-state index in [1.54, 1.807) is 6.07 Å². The average Bonchev–Trinajstić information content (AvgIpc) is 3.11. The summed E-state index contributed by atoms with van der Waals surface area (Å²) in [7, 11) is 4.02. The van der Waals surface area contributed by atoms with Crippen molar-refractivity contribution in [3.05, 3.63) is 101 Å². The highest BCUT2D eigenvalue weighted by molar-refractivity contribution is 6.02. The van der Waals surface area contributed by atoms with Crippen molar-refractivity contribution in [3.63, 3.8) is 0 Å². The van der Waals surface area contributed by atoms with E-state index in [0.29, 0.717) is 12.0 Å². The van der Waals surface area contributed by atoms with Crippen molar-refractivity contribution in [1.82, 2.24) is 0 Å². The third-order valence-electron chi connectivity index (χ3n) is 7.58. The molecule has 37 heavy (non-hydrogen) atoms. The third kappa shape index (κ3) is 3.88. The van der Waals surface area contributed by atoms with Crippen LogP contribution in [0.1, 0.15) is 60.4 Å². The molecule has 0 aromatic heterocycles. The van der Waals surface area contributed by atoms with Gasteiger partial charge in [-0.15, -0.1) is 0 Å². The Labute approximate surface area is 217 Å². The van der Waals surface area contributed by atoms with Gasteiger partial charge in [0.15, 0.2) is 5.78 Å². The van der Waals surface area contributed by atoms with Gasteiger partial charge in [0.1, 0.15) is 0 Å². The number of carbonyl (C=O) groups excluding carboxylic acids is 2. The van der Waals surface area contributed by atoms with Crippen LogP contribution in [0.5, 0.6) is 0 Å². The number of anilines is 3. The molecule has 0 bridgehead atoms. The Hall–Kier alpha value is -4.06. The van der Waals surface area contributed by atoms with Gasteiger partial charge in [0.05, 0.1) is 23.0 Å². The van der Waals surface area contributed by atoms with E-state index in [9.17, 15) is 9.59 Å². The number of ketones is 1. The maximum atomic E-state index is 13.9. The van der Waals surface area contributed by atoms with Gasteiger partial charge in [-0.2, -0.15) is 0 Å². The molecule has 3 aromatic rings. The van der Waals surface area contributed by atoms with Gasteiger partial charge in [-0.05, 0) is 47.7 Å². The van der Waals surface area contributed by atoms with E-state index < -0.39 is 12.3 Å². The van der Waals surface area contributed by atoms with Crippen LogP contribution < -0.4 is 15.1 Å². The fraction of sp³-hybridized carbons (Fsp3) is 0.290. The van der Waals surface area contributed by atoms with Crippen molar-refractivity contribution in [1.29, 1.82) is 0 Å². The number of carbonyl (C=O) groups is 2. The Morgan fingerprint density at radius 1 is 0.919 bits per heavy atom. The van der Waals surface area contributed by atoms with Crippen molar-refractivity contribution in [2.24, 2.45) is 5.41 Å². The predicted octanol–water partition coefficient (Wildman–Crippen LogP) is 6.24. The molecule has 0 spiro atoms. The minimum absolute atomic E-state index is 0.121. The fourth-order valence-electron chi connectivity index (χ4n) is 5.89. The van der Waals surface area contributed by atoms with E-state index in [4.69, 9.17) is 4.74 Å². The van der Waals surface area contributed by atoms with Gasteiger partial charge in [0.25, 0.3) is 0 Å². The summed E-state index contributed by atoms with van der Waals surface area (Å²) in [6.45, 7) is 4.28. The lowest BCUT2D eigenvalue weighted by molar-refractivity contribution is -0.118. The number of fused-ring (bicyclic) bond motifs is 2. The molecule has 0 saturated carbocycles. The molecule has 2 heterocycles. The van der Waals surface area contributed by atoms with Crippen molar-refractivity contribution in [2.75, 3.05) is 29.2 Å². The number of nitrogens with one attached hydrogen (secondary N) is 1. The summed E-state index contributed by atoms with van der Waals surface area (Å²) in [5, 5.41) is 3.63. The number of allylic oxidation sites excluding steroid dienone is 1. The monoisotopic (exact) mass is 493 g/mol. The summed E-state index contributed by atoms with van der Waals surface area (Å²) in [4.78, 5) is 31.1. The molecule has 1 N–H and O–H groups in total. The molecule has 1 aliphatic carbocycles. The van der Waals surface area contributed by atoms with E-state index in [1.807, 2.05) is 56.6 Å². The van der Waals surface area contributed by atoms with Gasteiger partial charge in [0.2, 0.25) is 6.23 Å². The lowest BCUT2D eigenvalue weighted by Crippen LogP contribution is -2.38. The summed E-state index contributed by atoms with van der Waals surface area (Å²) in [5.74, 6) is -0.224. The minimum Gasteiger partial charge on any atom is -0.433 e. The Morgan fingerprint density at radius 3 is 2.38 bits per heavy atom. The zero-order valence-electron chi connectivity index (χ0n) is 21.6. The Morgan fingerprint density at radius 2 is 1.62 bits per heavy atom. The van der Waals surface area contributed by atoms with Crippen LogP contribution in [-0.2, 0) is 9.53 Å². The Bertz CT molecular complexity index is 1440. The summed E-state index contributed by atoms with van der Waals surface area (Å²) in [5.41, 5.74) is 6.74. The van der Waals surface area contributed by atoms with Crippen LogP contribution in [0, 0.1) is 5.41 Å². The topological polar surface area (TPSA) is 61.9 Å². The smallest absolute Gasteiger partial charge is 0.340 e. The van der Waals surface area contributed by atoms with Crippen LogP contribution in [0.25, 0.3) is 0 Å². The molecule has 0 unspecified atom stereocenters. The van der Waals surface area contributed by atoms with Crippen molar-refractivity contribution < 1.29 is 14.3 Å². The van der Waals surface area contributed by atoms with Crippen LogP contribution >= 0.6 is 0 Å². The number of hydrogen-bond acceptors (Lipinski definition) is 6. The quantitative estimate of drug-likeness (QED) is 0.436. The lowest BCUT2D eigenvalue weighted by atomic mass is 9.73. The van der Waals surface area contributed by atoms with E-state index in [1.165, 1.54) is 0 Å². The highest BCUT2D eigenvalue weighted by atomic mass is 16.6. The molecule has 3 aromatic carbocycles. The van der Waals surface area contributed by atoms with E-state index in [-0.39, 0.29) is 17.2 Å². The number of ether oxygens (including phenoxy) is 1. The molecule has 0 amide bonds. The maximum Gasteiger partial charge on any atom is 0.340 e. The molecule has 0 fully saturated rings. The SMILES string of the molecule is CN(C)c1ccc([C@H]2C3=C(CC(C)(C)CC3=O)Nc3ccccc3N2[C@@H]2OC(=O)c3ccccc32)cc1. The van der Waals surface area contributed by atoms with Gasteiger partial charge >= 0.3 is 5.97 Å². The van der Waals surface area contributed by atoms with Gasteiger partial charge in [-0.25, -0.2) is 4.79 Å². The second-order valence-electron chi connectivity index (χ2n) is 11.1. The first kappa shape index (κ1) is 23.3. The zero-order chi connectivity index (χ0) is 25.9. The summed E-state index contributed by atoms with van der Waals surface area (Å²) < 4.78 is 6.07. The second-order valence-corrected chi connectivity index (χ2v) is 11.1. The number of esters is 1. The Kier molecular flexibility index (Phi) is 5.37. The number of hydrogen-bond donors (Lipinski definition) is 1. The van der Waals surface area contributed by atoms with Gasteiger partial charge in [-0.1, -0.05) is 56.3 Å². The molecule has 188 valence electrons. The number of Topliss-reactive ketones (excluding diaryl/α,β-unsaturated/α-hetero) is 1. The van der Waals surface area contributed by atoms with Crippen LogP contribution in [-0.4, -0.2) is 25.8 Å². The molecule has 3 aliphatic rings. The molecule has 2 atom stereocenters. The second kappa shape index (κ2) is 8.51. The minimum atomic E-state index is -0.667. The van der Waals surface area contributed by atoms with Gasteiger partial charge in [0, 0.05) is 43.0 Å². The zero-order valence-corrected chi connectivity index (χ0v) is 21.6. The summed E-state index contributed by atoms with van der Waals surface area (Å²) in [6, 6.07) is 23.4. The van der Waals surface area contributed by atoms with Crippen LogP contribution in [0.3, 0.4) is 0 Å². The largest absolute Gasteiger partial charge is 0.433 e. The average molecular weight is 494 g/mol. The number of rotatable bonds is 3. The molecule has 0 radical (unpaired) electrons. The highest BCUT2D eigenvalue weighted by Gasteiger charge is 2.46. The van der Waals surface area contributed by atoms with Crippen molar-refractivity contribution in [3.8, 4) is 0 Å². The summed E-state index contributed by atoms with van der Waals surface area (Å²) >= 11 is 0. The number of cyclic esters (lactones) is 1. The van der Waals surface area contributed by atoms with Gasteiger partial charge in [-0.3, -0.25) is 4.79 Å². The standard InChI is InChI=1S/C31H31N3O3/c1-31(2)17-24-27(26(35)18-31)28(19-13-15-20(16-14-19)33(3)4)34(25-12-8-7-11-23(25)32-24)29-21-9-5-6-10-22(21)30(36)37-29/h5-16,28-29,32H,17-18H2,1-4H3/t28-,29+/m0/s1. The molecule has 0 saturated heterocycles.